The zero-order chi connectivity index (χ0) is 19.1. The first-order valence-electron chi connectivity index (χ1n) is 10.4. The van der Waals surface area contributed by atoms with Gasteiger partial charge in [0, 0.05) is 70.2 Å². The van der Waals surface area contributed by atoms with E-state index in [0.717, 1.165) is 64.2 Å². The second kappa shape index (κ2) is 10.2. The van der Waals surface area contributed by atoms with Gasteiger partial charge in [-0.3, -0.25) is 14.7 Å². The van der Waals surface area contributed by atoms with Crippen molar-refractivity contribution in [3.63, 3.8) is 0 Å². The van der Waals surface area contributed by atoms with E-state index in [1.54, 1.807) is 6.20 Å². The van der Waals surface area contributed by atoms with Crippen LogP contribution in [0.3, 0.4) is 0 Å². The lowest BCUT2D eigenvalue weighted by Crippen LogP contribution is -2.57. The average molecular weight is 375 g/mol. The van der Waals surface area contributed by atoms with Crippen LogP contribution in [0, 0.1) is 5.92 Å². The van der Waals surface area contributed by atoms with Gasteiger partial charge in [-0.05, 0) is 50.8 Å². The maximum Gasteiger partial charge on any atom is 0.222 e. The molecule has 0 radical (unpaired) electrons. The van der Waals surface area contributed by atoms with Crippen LogP contribution >= 0.6 is 0 Å². The molecule has 3 heterocycles. The second-order valence-corrected chi connectivity index (χ2v) is 7.98. The molecule has 6 nitrogen and oxygen atoms in total. The molecule has 1 aromatic rings. The SMILES string of the molecule is CN1CCN([C@H]2CCN(C(=O)CCc3ccccn3)C[C@H]2CCCO)CC1. The van der Waals surface area contributed by atoms with Gasteiger partial charge >= 0.3 is 0 Å². The summed E-state index contributed by atoms with van der Waals surface area (Å²) in [7, 11) is 2.18. The fourth-order valence-electron chi connectivity index (χ4n) is 4.46. The third kappa shape index (κ3) is 5.74. The van der Waals surface area contributed by atoms with Gasteiger partial charge < -0.3 is 14.9 Å². The summed E-state index contributed by atoms with van der Waals surface area (Å²) in [6.07, 6.45) is 5.89. The molecule has 2 fully saturated rings. The molecule has 2 saturated heterocycles. The summed E-state index contributed by atoms with van der Waals surface area (Å²) >= 11 is 0. The predicted molar refractivity (Wildman–Crippen MR) is 106 cm³/mol. The van der Waals surface area contributed by atoms with E-state index < -0.39 is 0 Å². The topological polar surface area (TPSA) is 59.9 Å². The number of aliphatic hydroxyl groups is 1. The minimum Gasteiger partial charge on any atom is -0.396 e. The molecule has 0 unspecified atom stereocenters. The summed E-state index contributed by atoms with van der Waals surface area (Å²) in [6.45, 7) is 6.39. The minimum absolute atomic E-state index is 0.236. The van der Waals surface area contributed by atoms with Crippen LogP contribution in [0.4, 0.5) is 0 Å². The Hall–Kier alpha value is -1.50. The lowest BCUT2D eigenvalue weighted by atomic mass is 9.86. The van der Waals surface area contributed by atoms with Crippen LogP contribution in [0.5, 0.6) is 0 Å². The first-order chi connectivity index (χ1) is 13.2. The van der Waals surface area contributed by atoms with Gasteiger partial charge in [0.1, 0.15) is 0 Å². The Bertz CT molecular complexity index is 575. The molecule has 2 atom stereocenters. The van der Waals surface area contributed by atoms with Gasteiger partial charge in [-0.15, -0.1) is 0 Å². The van der Waals surface area contributed by atoms with Gasteiger partial charge in [-0.25, -0.2) is 0 Å². The monoisotopic (exact) mass is 374 g/mol. The Morgan fingerprint density at radius 2 is 2.04 bits per heavy atom. The molecule has 0 aromatic carbocycles. The summed E-state index contributed by atoms with van der Waals surface area (Å²) in [5, 5.41) is 9.31. The molecule has 1 aromatic heterocycles. The van der Waals surface area contributed by atoms with Crippen molar-refractivity contribution in [2.24, 2.45) is 5.92 Å². The fourth-order valence-corrected chi connectivity index (χ4v) is 4.46. The predicted octanol–water partition coefficient (Wildman–Crippen LogP) is 1.25. The normalized spacial score (nSPS) is 24.9. The zero-order valence-corrected chi connectivity index (χ0v) is 16.6. The van der Waals surface area contributed by atoms with Crippen LogP contribution in [0.1, 0.15) is 31.4 Å². The maximum atomic E-state index is 12.7. The highest BCUT2D eigenvalue weighted by Gasteiger charge is 2.35. The van der Waals surface area contributed by atoms with Gasteiger partial charge in [0.25, 0.3) is 0 Å². The highest BCUT2D eigenvalue weighted by molar-refractivity contribution is 5.76. The molecule has 2 aliphatic heterocycles. The Balaban J connectivity index is 1.55. The molecule has 0 bridgehead atoms. The lowest BCUT2D eigenvalue weighted by Gasteiger charge is -2.46. The van der Waals surface area contributed by atoms with Crippen molar-refractivity contribution in [3.05, 3.63) is 30.1 Å². The molecule has 0 aliphatic carbocycles. The summed E-state index contributed by atoms with van der Waals surface area (Å²) < 4.78 is 0. The number of piperazine rings is 1. The summed E-state index contributed by atoms with van der Waals surface area (Å²) in [5.41, 5.74) is 0.981. The number of aryl methyl sites for hydroxylation is 1. The number of likely N-dealkylation sites (tertiary alicyclic amines) is 1. The summed E-state index contributed by atoms with van der Waals surface area (Å²) in [5.74, 6) is 0.708. The van der Waals surface area contributed by atoms with Gasteiger partial charge in [0.15, 0.2) is 0 Å². The zero-order valence-electron chi connectivity index (χ0n) is 16.6. The second-order valence-electron chi connectivity index (χ2n) is 7.98. The molecule has 1 N–H and O–H groups in total. The number of aromatic nitrogens is 1. The van der Waals surface area contributed by atoms with Gasteiger partial charge in [-0.2, -0.15) is 0 Å². The van der Waals surface area contributed by atoms with Crippen LogP contribution in [0.2, 0.25) is 0 Å². The van der Waals surface area contributed by atoms with E-state index in [-0.39, 0.29) is 12.5 Å². The maximum absolute atomic E-state index is 12.7. The number of hydrogen-bond acceptors (Lipinski definition) is 5. The van der Waals surface area contributed by atoms with Crippen molar-refractivity contribution in [2.45, 2.75) is 38.1 Å². The molecule has 6 heteroatoms. The first kappa shape index (κ1) is 20.2. The number of carbonyl (C=O) groups is 1. The van der Waals surface area contributed by atoms with E-state index in [9.17, 15) is 9.90 Å². The van der Waals surface area contributed by atoms with E-state index in [1.807, 2.05) is 18.2 Å². The molecule has 3 rings (SSSR count). The Labute approximate surface area is 163 Å². The summed E-state index contributed by atoms with van der Waals surface area (Å²) in [6, 6.07) is 6.40. The number of aliphatic hydroxyl groups excluding tert-OH is 1. The molecule has 0 saturated carbocycles. The lowest BCUT2D eigenvalue weighted by molar-refractivity contribution is -0.134. The van der Waals surface area contributed by atoms with Crippen LogP contribution < -0.4 is 0 Å². The number of pyridine rings is 1. The van der Waals surface area contributed by atoms with Gasteiger partial charge in [0.2, 0.25) is 5.91 Å². The van der Waals surface area contributed by atoms with Gasteiger partial charge in [0.05, 0.1) is 0 Å². The number of hydrogen-bond donors (Lipinski definition) is 1. The Morgan fingerprint density at radius 1 is 1.22 bits per heavy atom. The summed E-state index contributed by atoms with van der Waals surface area (Å²) in [4.78, 5) is 24.1. The highest BCUT2D eigenvalue weighted by Crippen LogP contribution is 2.27. The molecule has 1 amide bonds. The van der Waals surface area contributed by atoms with Crippen LogP contribution in [-0.2, 0) is 11.2 Å². The van der Waals surface area contributed by atoms with E-state index in [0.29, 0.717) is 24.8 Å². The molecule has 0 spiro atoms. The van der Waals surface area contributed by atoms with E-state index in [2.05, 4.69) is 26.7 Å². The molecular formula is C21H34N4O2. The molecular weight excluding hydrogens is 340 g/mol. The van der Waals surface area contributed by atoms with E-state index in [1.165, 1.54) is 0 Å². The average Bonchev–Trinajstić information content (AvgIpc) is 2.71. The highest BCUT2D eigenvalue weighted by atomic mass is 16.3. The number of rotatable bonds is 7. The van der Waals surface area contributed by atoms with Gasteiger partial charge in [-0.1, -0.05) is 6.07 Å². The molecule has 150 valence electrons. The third-order valence-corrected chi connectivity index (χ3v) is 6.11. The first-order valence-corrected chi connectivity index (χ1v) is 10.4. The van der Waals surface area contributed by atoms with E-state index >= 15 is 0 Å². The van der Waals surface area contributed by atoms with Crippen molar-refractivity contribution >= 4 is 5.91 Å². The smallest absolute Gasteiger partial charge is 0.222 e. The third-order valence-electron chi connectivity index (χ3n) is 6.11. The fraction of sp³-hybridized carbons (Fsp3) is 0.714. The standard InChI is InChI=1S/C21H34N4O2/c1-23-12-14-24(15-13-23)20-9-11-25(17-18(20)5-4-16-26)21(27)8-7-19-6-2-3-10-22-19/h2-3,6,10,18,20,26H,4-5,7-9,11-17H2,1H3/t18-,20+/m1/s1. The van der Waals surface area contributed by atoms with Crippen LogP contribution in [-0.4, -0.2) is 89.7 Å². The number of piperidine rings is 1. The molecule has 2 aliphatic rings. The van der Waals surface area contributed by atoms with Crippen LogP contribution in [0.25, 0.3) is 0 Å². The number of nitrogens with zero attached hydrogens (tertiary/aromatic N) is 4. The number of carbonyl (C=O) groups excluding carboxylic acids is 1. The van der Waals surface area contributed by atoms with Crippen molar-refractivity contribution in [1.29, 1.82) is 0 Å². The quantitative estimate of drug-likeness (QED) is 0.778. The number of amides is 1. The molecule has 27 heavy (non-hydrogen) atoms. The largest absolute Gasteiger partial charge is 0.396 e. The minimum atomic E-state index is 0.236. The van der Waals surface area contributed by atoms with E-state index in [4.69, 9.17) is 0 Å². The Kier molecular flexibility index (Phi) is 7.61. The van der Waals surface area contributed by atoms with Crippen LogP contribution in [0.15, 0.2) is 24.4 Å². The van der Waals surface area contributed by atoms with Crippen molar-refractivity contribution in [2.75, 3.05) is 52.9 Å². The Morgan fingerprint density at radius 3 is 2.74 bits per heavy atom. The van der Waals surface area contributed by atoms with Crippen molar-refractivity contribution in [3.8, 4) is 0 Å². The van der Waals surface area contributed by atoms with Crippen molar-refractivity contribution in [1.82, 2.24) is 19.7 Å². The van der Waals surface area contributed by atoms with Crippen molar-refractivity contribution < 1.29 is 9.90 Å². The number of likely N-dealkylation sites (N-methyl/N-ethyl adjacent to an activating group) is 1.